The van der Waals surface area contributed by atoms with Gasteiger partial charge in [-0.15, -0.1) is 4.40 Å². The van der Waals surface area contributed by atoms with Gasteiger partial charge in [-0.1, -0.05) is 23.5 Å². The molecule has 0 saturated heterocycles. The second-order valence-electron chi connectivity index (χ2n) is 3.79. The normalized spacial score (nSPS) is 10.8. The number of fused-ring (bicyclic) bond motifs is 1. The first-order valence-corrected chi connectivity index (χ1v) is 6.05. The molecule has 0 spiro atoms. The molecule has 0 unspecified atom stereocenters. The van der Waals surface area contributed by atoms with Crippen molar-refractivity contribution in [3.8, 4) is 16.3 Å². The number of rotatable bonds is 1. The van der Waals surface area contributed by atoms with Gasteiger partial charge in [-0.25, -0.2) is 0 Å². The Labute approximate surface area is 102 Å². The maximum Gasteiger partial charge on any atom is 0.390 e. The van der Waals surface area contributed by atoms with Gasteiger partial charge in [0.15, 0.2) is 11.1 Å². The van der Waals surface area contributed by atoms with Gasteiger partial charge in [0.1, 0.15) is 0 Å². The summed E-state index contributed by atoms with van der Waals surface area (Å²) < 4.78 is 1.77. The Bertz CT molecular complexity index is 673. The molecule has 3 aromatic rings. The Morgan fingerprint density at radius 3 is 2.53 bits per heavy atom. The molecule has 3 N–H and O–H groups in total. The van der Waals surface area contributed by atoms with E-state index >= 15 is 0 Å². The zero-order valence-corrected chi connectivity index (χ0v) is 9.82. The predicted octanol–water partition coefficient (Wildman–Crippen LogP) is 2.44. The molecule has 84 valence electrons. The topological polar surface area (TPSA) is 50.3 Å². The summed E-state index contributed by atoms with van der Waals surface area (Å²) in [5, 5.41) is 10.2. The lowest BCUT2D eigenvalue weighted by Crippen LogP contribution is -2.16. The molecule has 3 nitrogen and oxygen atoms in total. The smallest absolute Gasteiger partial charge is 0.390 e. The number of hydrogen-bond donors (Lipinski definition) is 2. The Balaban J connectivity index is 2.24. The molecule has 2 heterocycles. The van der Waals surface area contributed by atoms with Crippen LogP contribution in [0.2, 0.25) is 0 Å². The van der Waals surface area contributed by atoms with Gasteiger partial charge in [0.05, 0.1) is 0 Å². The van der Waals surface area contributed by atoms with Crippen LogP contribution in [0.1, 0.15) is 0 Å². The largest absolute Gasteiger partial charge is 0.458 e. The molecule has 17 heavy (non-hydrogen) atoms. The van der Waals surface area contributed by atoms with E-state index in [-0.39, 0.29) is 5.88 Å². The van der Waals surface area contributed by atoms with E-state index < -0.39 is 0 Å². The van der Waals surface area contributed by atoms with Crippen molar-refractivity contribution in [1.82, 2.24) is 0 Å². The fourth-order valence-corrected chi connectivity index (χ4v) is 2.81. The highest BCUT2D eigenvalue weighted by molar-refractivity contribution is 7.20. The second-order valence-corrected chi connectivity index (χ2v) is 4.82. The summed E-state index contributed by atoms with van der Waals surface area (Å²) >= 11 is 1.55. The van der Waals surface area contributed by atoms with Gasteiger partial charge in [-0.05, 0) is 18.2 Å². The number of pyridine rings is 1. The van der Waals surface area contributed by atoms with Crippen molar-refractivity contribution in [3.63, 3.8) is 0 Å². The zero-order chi connectivity index (χ0) is 11.8. The third-order valence-electron chi connectivity index (χ3n) is 2.63. The predicted molar refractivity (Wildman–Crippen MR) is 69.0 cm³/mol. The monoisotopic (exact) mass is 243 g/mol. The Kier molecular flexibility index (Phi) is 2.23. The van der Waals surface area contributed by atoms with E-state index in [0.29, 0.717) is 0 Å². The molecule has 0 bridgehead atoms. The van der Waals surface area contributed by atoms with Gasteiger partial charge in [0.2, 0.25) is 0 Å². The summed E-state index contributed by atoms with van der Waals surface area (Å²) in [6.45, 7) is 0. The molecule has 0 atom stereocenters. The second kappa shape index (κ2) is 3.75. The SMILES string of the molecule is Nc1ccc(-c2sc3cccc[n+]3c2O)cc1. The Morgan fingerprint density at radius 2 is 1.82 bits per heavy atom. The van der Waals surface area contributed by atoms with Crippen LogP contribution in [0.5, 0.6) is 5.88 Å². The van der Waals surface area contributed by atoms with Gasteiger partial charge in [-0.2, -0.15) is 0 Å². The summed E-state index contributed by atoms with van der Waals surface area (Å²) in [5.74, 6) is 0.273. The molecule has 0 radical (unpaired) electrons. The van der Waals surface area contributed by atoms with Crippen LogP contribution in [-0.4, -0.2) is 5.11 Å². The molecule has 0 saturated carbocycles. The fourth-order valence-electron chi connectivity index (χ4n) is 1.77. The third-order valence-corrected chi connectivity index (χ3v) is 3.80. The van der Waals surface area contributed by atoms with E-state index in [1.54, 1.807) is 15.7 Å². The lowest BCUT2D eigenvalue weighted by Gasteiger charge is -1.95. The van der Waals surface area contributed by atoms with Crippen molar-refractivity contribution in [2.24, 2.45) is 0 Å². The summed E-state index contributed by atoms with van der Waals surface area (Å²) in [4.78, 5) is 1.87. The van der Waals surface area contributed by atoms with Crippen LogP contribution in [0, 0.1) is 0 Å². The van der Waals surface area contributed by atoms with Crippen molar-refractivity contribution in [2.75, 3.05) is 5.73 Å². The van der Waals surface area contributed by atoms with E-state index in [4.69, 9.17) is 5.73 Å². The lowest BCUT2D eigenvalue weighted by molar-refractivity contribution is -0.517. The number of thiazole rings is 1. The minimum absolute atomic E-state index is 0.273. The van der Waals surface area contributed by atoms with Crippen LogP contribution in [0.15, 0.2) is 48.7 Å². The van der Waals surface area contributed by atoms with Gasteiger partial charge < -0.3 is 10.8 Å². The van der Waals surface area contributed by atoms with Crippen LogP contribution in [0.3, 0.4) is 0 Å². The number of anilines is 1. The van der Waals surface area contributed by atoms with Crippen molar-refractivity contribution >= 4 is 21.9 Å². The molecule has 4 heteroatoms. The molecule has 0 aliphatic carbocycles. The van der Waals surface area contributed by atoms with Crippen LogP contribution in [-0.2, 0) is 0 Å². The molecule has 0 amide bonds. The minimum Gasteiger partial charge on any atom is -0.458 e. The van der Waals surface area contributed by atoms with Crippen LogP contribution < -0.4 is 10.1 Å². The fraction of sp³-hybridized carbons (Fsp3) is 0. The van der Waals surface area contributed by atoms with Crippen LogP contribution >= 0.6 is 11.3 Å². The molecule has 3 rings (SSSR count). The van der Waals surface area contributed by atoms with Crippen molar-refractivity contribution in [3.05, 3.63) is 48.7 Å². The van der Waals surface area contributed by atoms with Gasteiger partial charge in [0.25, 0.3) is 4.83 Å². The van der Waals surface area contributed by atoms with Gasteiger partial charge >= 0.3 is 5.88 Å². The number of nitrogen functional groups attached to an aromatic ring is 1. The quantitative estimate of drug-likeness (QED) is 0.509. The molecule has 0 aliphatic heterocycles. The average Bonchev–Trinajstić information content (AvgIpc) is 2.69. The summed E-state index contributed by atoms with van der Waals surface area (Å²) in [6, 6.07) is 13.3. The Morgan fingerprint density at radius 1 is 1.06 bits per heavy atom. The number of aromatic nitrogens is 1. The number of nitrogens with two attached hydrogens (primary N) is 1. The number of hydrogen-bond acceptors (Lipinski definition) is 3. The van der Waals surface area contributed by atoms with Gasteiger partial charge in [0, 0.05) is 23.4 Å². The molecule has 2 aromatic heterocycles. The minimum atomic E-state index is 0.273. The number of nitrogens with zero attached hydrogens (tertiary/aromatic N) is 1. The average molecular weight is 243 g/mol. The summed E-state index contributed by atoms with van der Waals surface area (Å²) in [7, 11) is 0. The first-order valence-electron chi connectivity index (χ1n) is 5.24. The van der Waals surface area contributed by atoms with Crippen molar-refractivity contribution in [2.45, 2.75) is 0 Å². The maximum atomic E-state index is 10.2. The van der Waals surface area contributed by atoms with Crippen LogP contribution in [0.25, 0.3) is 15.3 Å². The Hall–Kier alpha value is -2.07. The molecular formula is C13H11N2OS+. The van der Waals surface area contributed by atoms with E-state index in [2.05, 4.69) is 0 Å². The van der Waals surface area contributed by atoms with E-state index in [1.807, 2.05) is 48.7 Å². The van der Waals surface area contributed by atoms with Gasteiger partial charge in [-0.3, -0.25) is 0 Å². The van der Waals surface area contributed by atoms with Crippen molar-refractivity contribution in [1.29, 1.82) is 0 Å². The summed E-state index contributed by atoms with van der Waals surface area (Å²) in [5.41, 5.74) is 7.35. The number of benzene rings is 1. The first kappa shape index (κ1) is 10.1. The third kappa shape index (κ3) is 1.62. The highest BCUT2D eigenvalue weighted by atomic mass is 32.1. The molecular weight excluding hydrogens is 232 g/mol. The molecule has 1 aromatic carbocycles. The highest BCUT2D eigenvalue weighted by Gasteiger charge is 2.20. The van der Waals surface area contributed by atoms with Crippen LogP contribution in [0.4, 0.5) is 5.69 Å². The summed E-state index contributed by atoms with van der Waals surface area (Å²) in [6.07, 6.45) is 1.85. The van der Waals surface area contributed by atoms with Crippen molar-refractivity contribution < 1.29 is 9.51 Å². The highest BCUT2D eigenvalue weighted by Crippen LogP contribution is 2.33. The maximum absolute atomic E-state index is 10.2. The standard InChI is InChI=1S/C13H10N2OS/c14-10-6-4-9(5-7-10)12-13(16)15-8-2-1-3-11(15)17-12/h1-8H,14H2/p+1. The van der Waals surface area contributed by atoms with E-state index in [0.717, 1.165) is 21.0 Å². The zero-order valence-electron chi connectivity index (χ0n) is 9.00. The van der Waals surface area contributed by atoms with E-state index in [1.165, 1.54) is 0 Å². The van der Waals surface area contributed by atoms with E-state index in [9.17, 15) is 5.11 Å². The molecule has 0 aliphatic rings. The number of aromatic hydroxyl groups is 1. The molecule has 0 fully saturated rings. The lowest BCUT2D eigenvalue weighted by atomic mass is 10.2. The first-order chi connectivity index (χ1) is 8.25.